The van der Waals surface area contributed by atoms with E-state index in [4.69, 9.17) is 5.11 Å². The van der Waals surface area contributed by atoms with E-state index in [1.54, 1.807) is 5.38 Å². The molecule has 0 spiro atoms. The summed E-state index contributed by atoms with van der Waals surface area (Å²) in [6.45, 7) is 0.404. The fourth-order valence-corrected chi connectivity index (χ4v) is 2.98. The molecule has 0 aromatic carbocycles. The first-order valence-corrected chi connectivity index (χ1v) is 6.99. The first kappa shape index (κ1) is 13.8. The Kier molecular flexibility index (Phi) is 4.39. The average Bonchev–Trinajstić information content (AvgIpc) is 2.95. The van der Waals surface area contributed by atoms with Crippen molar-refractivity contribution in [2.75, 3.05) is 11.9 Å². The molecule has 1 fully saturated rings. The molecule has 1 aromatic rings. The zero-order chi connectivity index (χ0) is 13.8. The molecule has 2 atom stereocenters. The third-order valence-electron chi connectivity index (χ3n) is 3.27. The summed E-state index contributed by atoms with van der Waals surface area (Å²) in [5, 5.41) is 25.6. The number of hydrogen-bond donors (Lipinski definition) is 4. The van der Waals surface area contributed by atoms with E-state index in [1.165, 1.54) is 6.07 Å². The molecule has 104 valence electrons. The second-order valence-corrected chi connectivity index (χ2v) is 5.48. The lowest BCUT2D eigenvalue weighted by molar-refractivity contribution is 0.0698. The van der Waals surface area contributed by atoms with Crippen molar-refractivity contribution in [3.8, 4) is 0 Å². The van der Waals surface area contributed by atoms with Crippen molar-refractivity contribution in [3.63, 3.8) is 0 Å². The van der Waals surface area contributed by atoms with Crippen LogP contribution in [0, 0.1) is 5.92 Å². The SMILES string of the molecule is O=C(NCC1CCCC1O)Nc1sccc1C(=O)O. The predicted octanol–water partition coefficient (Wildman–Crippen LogP) is 1.73. The number of hydrogen-bond acceptors (Lipinski definition) is 4. The van der Waals surface area contributed by atoms with Crippen LogP contribution in [-0.2, 0) is 0 Å². The summed E-state index contributed by atoms with van der Waals surface area (Å²) in [5.74, 6) is -0.976. The molecule has 1 aliphatic rings. The molecule has 1 heterocycles. The van der Waals surface area contributed by atoms with E-state index in [9.17, 15) is 14.7 Å². The standard InChI is InChI=1S/C12H16N2O4S/c15-9-3-1-2-7(9)6-13-12(18)14-10-8(11(16)17)4-5-19-10/h4-5,7,9,15H,1-3,6H2,(H,16,17)(H2,13,14,18). The minimum absolute atomic E-state index is 0.0843. The third-order valence-corrected chi connectivity index (χ3v) is 4.10. The Morgan fingerprint density at radius 2 is 2.21 bits per heavy atom. The summed E-state index contributed by atoms with van der Waals surface area (Å²) >= 11 is 1.16. The van der Waals surface area contributed by atoms with E-state index in [0.717, 1.165) is 30.6 Å². The van der Waals surface area contributed by atoms with Gasteiger partial charge in [-0.05, 0) is 24.3 Å². The van der Waals surface area contributed by atoms with Crippen LogP contribution in [0.2, 0.25) is 0 Å². The van der Waals surface area contributed by atoms with Crippen LogP contribution in [0.5, 0.6) is 0 Å². The largest absolute Gasteiger partial charge is 0.478 e. The highest BCUT2D eigenvalue weighted by atomic mass is 32.1. The Morgan fingerprint density at radius 3 is 2.84 bits per heavy atom. The van der Waals surface area contributed by atoms with Crippen LogP contribution in [0.4, 0.5) is 9.80 Å². The van der Waals surface area contributed by atoms with E-state index in [2.05, 4.69) is 10.6 Å². The van der Waals surface area contributed by atoms with Crippen LogP contribution in [0.1, 0.15) is 29.6 Å². The molecule has 2 unspecified atom stereocenters. The first-order chi connectivity index (χ1) is 9.08. The Hall–Kier alpha value is -1.60. The zero-order valence-corrected chi connectivity index (χ0v) is 11.1. The van der Waals surface area contributed by atoms with Crippen molar-refractivity contribution in [1.29, 1.82) is 0 Å². The smallest absolute Gasteiger partial charge is 0.338 e. The fourth-order valence-electron chi connectivity index (χ4n) is 2.20. The molecule has 1 aliphatic carbocycles. The van der Waals surface area contributed by atoms with Gasteiger partial charge in [-0.15, -0.1) is 11.3 Å². The average molecular weight is 284 g/mol. The van der Waals surface area contributed by atoms with Gasteiger partial charge in [0.25, 0.3) is 0 Å². The minimum Gasteiger partial charge on any atom is -0.478 e. The number of carboxylic acids is 1. The Balaban J connectivity index is 1.84. The van der Waals surface area contributed by atoms with Gasteiger partial charge in [-0.3, -0.25) is 5.32 Å². The Labute approximate surface area is 114 Å². The van der Waals surface area contributed by atoms with Crippen molar-refractivity contribution in [2.24, 2.45) is 5.92 Å². The van der Waals surface area contributed by atoms with E-state index in [-0.39, 0.29) is 17.6 Å². The Bertz CT molecular complexity index is 474. The molecule has 1 saturated carbocycles. The molecule has 19 heavy (non-hydrogen) atoms. The second kappa shape index (κ2) is 6.03. The van der Waals surface area contributed by atoms with Crippen LogP contribution < -0.4 is 10.6 Å². The molecule has 1 aromatic heterocycles. The van der Waals surface area contributed by atoms with Gasteiger partial charge >= 0.3 is 12.0 Å². The third kappa shape index (κ3) is 3.45. The van der Waals surface area contributed by atoms with Gasteiger partial charge in [0.2, 0.25) is 0 Å². The van der Waals surface area contributed by atoms with E-state index < -0.39 is 12.0 Å². The number of anilines is 1. The molecule has 6 nitrogen and oxygen atoms in total. The van der Waals surface area contributed by atoms with Gasteiger partial charge in [0.1, 0.15) is 5.00 Å². The van der Waals surface area contributed by atoms with Crippen LogP contribution in [0.25, 0.3) is 0 Å². The van der Waals surface area contributed by atoms with Gasteiger partial charge < -0.3 is 15.5 Å². The van der Waals surface area contributed by atoms with Gasteiger partial charge in [0, 0.05) is 12.5 Å². The van der Waals surface area contributed by atoms with Crippen molar-refractivity contribution in [1.82, 2.24) is 5.32 Å². The van der Waals surface area contributed by atoms with Crippen LogP contribution in [0.3, 0.4) is 0 Å². The number of nitrogens with one attached hydrogen (secondary N) is 2. The number of rotatable bonds is 4. The summed E-state index contributed by atoms with van der Waals surface area (Å²) in [5.41, 5.74) is 0.0843. The second-order valence-electron chi connectivity index (χ2n) is 4.56. The van der Waals surface area contributed by atoms with E-state index >= 15 is 0 Å². The highest BCUT2D eigenvalue weighted by Crippen LogP contribution is 2.25. The summed E-state index contributed by atoms with van der Waals surface area (Å²) in [7, 11) is 0. The summed E-state index contributed by atoms with van der Waals surface area (Å²) in [6.07, 6.45) is 2.31. The van der Waals surface area contributed by atoms with Gasteiger partial charge in [-0.25, -0.2) is 9.59 Å². The first-order valence-electron chi connectivity index (χ1n) is 6.11. The number of thiophene rings is 1. The molecule has 2 amide bonds. The monoisotopic (exact) mass is 284 g/mol. The van der Waals surface area contributed by atoms with Crippen LogP contribution >= 0.6 is 11.3 Å². The highest BCUT2D eigenvalue weighted by molar-refractivity contribution is 7.14. The van der Waals surface area contributed by atoms with Gasteiger partial charge in [0.05, 0.1) is 11.7 Å². The van der Waals surface area contributed by atoms with E-state index in [1.807, 2.05) is 0 Å². The summed E-state index contributed by atoms with van der Waals surface area (Å²) in [6, 6.07) is 1.01. The van der Waals surface area contributed by atoms with Gasteiger partial charge in [-0.2, -0.15) is 0 Å². The minimum atomic E-state index is -1.07. The van der Waals surface area contributed by atoms with Crippen molar-refractivity contribution in [3.05, 3.63) is 17.0 Å². The number of amides is 2. The molecular formula is C12H16N2O4S. The fraction of sp³-hybridized carbons (Fsp3) is 0.500. The number of aliphatic hydroxyl groups is 1. The Morgan fingerprint density at radius 1 is 1.42 bits per heavy atom. The number of urea groups is 1. The van der Waals surface area contributed by atoms with E-state index in [0.29, 0.717) is 11.5 Å². The van der Waals surface area contributed by atoms with Gasteiger partial charge in [0.15, 0.2) is 0 Å². The van der Waals surface area contributed by atoms with Crippen molar-refractivity contribution in [2.45, 2.75) is 25.4 Å². The molecule has 2 rings (SSSR count). The van der Waals surface area contributed by atoms with Crippen molar-refractivity contribution >= 4 is 28.3 Å². The number of aromatic carboxylic acids is 1. The number of carboxylic acid groups (broad SMARTS) is 1. The lowest BCUT2D eigenvalue weighted by Gasteiger charge is -2.15. The lowest BCUT2D eigenvalue weighted by atomic mass is 10.1. The maximum atomic E-state index is 11.7. The molecule has 0 radical (unpaired) electrons. The number of aliphatic hydroxyl groups excluding tert-OH is 1. The molecular weight excluding hydrogens is 268 g/mol. The molecule has 0 saturated heterocycles. The molecule has 0 bridgehead atoms. The quantitative estimate of drug-likeness (QED) is 0.676. The van der Waals surface area contributed by atoms with Gasteiger partial charge in [-0.1, -0.05) is 6.42 Å². The number of carbonyl (C=O) groups is 2. The van der Waals surface area contributed by atoms with Crippen LogP contribution in [0.15, 0.2) is 11.4 Å². The maximum Gasteiger partial charge on any atom is 0.338 e. The summed E-state index contributed by atoms with van der Waals surface area (Å²) < 4.78 is 0. The van der Waals surface area contributed by atoms with Crippen LogP contribution in [-0.4, -0.2) is 34.9 Å². The summed E-state index contributed by atoms with van der Waals surface area (Å²) in [4.78, 5) is 22.5. The topological polar surface area (TPSA) is 98.7 Å². The molecule has 4 N–H and O–H groups in total. The maximum absolute atomic E-state index is 11.7. The highest BCUT2D eigenvalue weighted by Gasteiger charge is 2.25. The zero-order valence-electron chi connectivity index (χ0n) is 10.3. The normalized spacial score (nSPS) is 22.2. The molecule has 7 heteroatoms. The molecule has 0 aliphatic heterocycles. The van der Waals surface area contributed by atoms with Crippen molar-refractivity contribution < 1.29 is 19.8 Å². The predicted molar refractivity (Wildman–Crippen MR) is 71.6 cm³/mol. The number of carbonyl (C=O) groups excluding carboxylic acids is 1. The lowest BCUT2D eigenvalue weighted by Crippen LogP contribution is -2.35.